The first-order valence-corrected chi connectivity index (χ1v) is 7.64. The average Bonchev–Trinajstić information content (AvgIpc) is 2.54. The van der Waals surface area contributed by atoms with E-state index in [9.17, 15) is 9.90 Å². The van der Waals surface area contributed by atoms with Crippen molar-refractivity contribution < 1.29 is 19.4 Å². The summed E-state index contributed by atoms with van der Waals surface area (Å²) >= 11 is 0. The van der Waals surface area contributed by atoms with E-state index >= 15 is 0 Å². The van der Waals surface area contributed by atoms with Crippen LogP contribution in [0.15, 0.2) is 42.5 Å². The van der Waals surface area contributed by atoms with E-state index in [1.165, 1.54) is 0 Å². The van der Waals surface area contributed by atoms with Crippen LogP contribution in [0.25, 0.3) is 0 Å². The van der Waals surface area contributed by atoms with Crippen molar-refractivity contribution in [1.29, 1.82) is 0 Å². The number of ether oxygens (including phenoxy) is 2. The summed E-state index contributed by atoms with van der Waals surface area (Å²) < 4.78 is 10.8. The molecule has 4 heteroatoms. The van der Waals surface area contributed by atoms with Crippen molar-refractivity contribution >= 4 is 5.97 Å². The zero-order valence-corrected chi connectivity index (χ0v) is 13.7. The Morgan fingerprint density at radius 2 is 1.91 bits per heavy atom. The van der Waals surface area contributed by atoms with Gasteiger partial charge in [-0.15, -0.1) is 0 Å². The third-order valence-corrected chi connectivity index (χ3v) is 3.82. The van der Waals surface area contributed by atoms with E-state index in [1.54, 1.807) is 7.11 Å². The second-order valence-electron chi connectivity index (χ2n) is 5.36. The Labute approximate surface area is 136 Å². The molecule has 0 aliphatic rings. The molecular formula is C19H22O4. The molecule has 1 atom stereocenters. The second-order valence-corrected chi connectivity index (χ2v) is 5.36. The van der Waals surface area contributed by atoms with Gasteiger partial charge in [0.15, 0.2) is 0 Å². The molecule has 0 aliphatic carbocycles. The Kier molecular flexibility index (Phi) is 5.63. The quantitative estimate of drug-likeness (QED) is 0.844. The third kappa shape index (κ3) is 4.03. The zero-order valence-electron chi connectivity index (χ0n) is 13.7. The van der Waals surface area contributed by atoms with E-state index in [4.69, 9.17) is 9.47 Å². The molecule has 1 N–H and O–H groups in total. The number of aliphatic carboxylic acids is 1. The van der Waals surface area contributed by atoms with E-state index in [0.29, 0.717) is 18.8 Å². The maximum Gasteiger partial charge on any atom is 0.311 e. The summed E-state index contributed by atoms with van der Waals surface area (Å²) in [5, 5.41) is 9.64. The minimum Gasteiger partial charge on any atom is -0.496 e. The largest absolute Gasteiger partial charge is 0.496 e. The Bertz CT molecular complexity index is 679. The Balaban J connectivity index is 2.32. The lowest BCUT2D eigenvalue weighted by Crippen LogP contribution is -2.15. The normalized spacial score (nSPS) is 11.8. The highest BCUT2D eigenvalue weighted by Gasteiger charge is 2.22. The summed E-state index contributed by atoms with van der Waals surface area (Å²) in [6.07, 6.45) is 0.382. The first-order valence-electron chi connectivity index (χ1n) is 7.64. The SMILES string of the molecule is CCOc1ccc(C(Cc2ccccc2OC)C(=O)O)cc1C. The zero-order chi connectivity index (χ0) is 16.8. The summed E-state index contributed by atoms with van der Waals surface area (Å²) in [5.41, 5.74) is 2.59. The Morgan fingerprint density at radius 3 is 2.52 bits per heavy atom. The molecule has 122 valence electrons. The maximum atomic E-state index is 11.8. The van der Waals surface area contributed by atoms with Crippen molar-refractivity contribution in [2.45, 2.75) is 26.2 Å². The third-order valence-electron chi connectivity index (χ3n) is 3.82. The van der Waals surface area contributed by atoms with Crippen LogP contribution < -0.4 is 9.47 Å². The first kappa shape index (κ1) is 16.9. The van der Waals surface area contributed by atoms with Crippen LogP contribution in [0, 0.1) is 6.92 Å². The van der Waals surface area contributed by atoms with Crippen LogP contribution in [-0.4, -0.2) is 24.8 Å². The van der Waals surface area contributed by atoms with Crippen LogP contribution in [0.1, 0.15) is 29.5 Å². The summed E-state index contributed by atoms with van der Waals surface area (Å²) in [6.45, 7) is 4.44. The molecule has 23 heavy (non-hydrogen) atoms. The van der Waals surface area contributed by atoms with Gasteiger partial charge in [0, 0.05) is 0 Å². The van der Waals surface area contributed by atoms with Gasteiger partial charge in [0.05, 0.1) is 19.6 Å². The van der Waals surface area contributed by atoms with Crippen molar-refractivity contribution in [2.24, 2.45) is 0 Å². The van der Waals surface area contributed by atoms with Gasteiger partial charge in [-0.2, -0.15) is 0 Å². The van der Waals surface area contributed by atoms with Gasteiger partial charge in [-0.1, -0.05) is 30.3 Å². The monoisotopic (exact) mass is 314 g/mol. The van der Waals surface area contributed by atoms with E-state index < -0.39 is 11.9 Å². The number of hydrogen-bond donors (Lipinski definition) is 1. The molecule has 0 saturated heterocycles. The van der Waals surface area contributed by atoms with Crippen LogP contribution in [-0.2, 0) is 11.2 Å². The van der Waals surface area contributed by atoms with Crippen LogP contribution >= 0.6 is 0 Å². The van der Waals surface area contributed by atoms with Crippen molar-refractivity contribution in [1.82, 2.24) is 0 Å². The molecule has 0 aliphatic heterocycles. The van der Waals surface area contributed by atoms with Gasteiger partial charge >= 0.3 is 5.97 Å². The summed E-state index contributed by atoms with van der Waals surface area (Å²) in [6, 6.07) is 13.1. The lowest BCUT2D eigenvalue weighted by atomic mass is 9.90. The van der Waals surface area contributed by atoms with Crippen LogP contribution in [0.2, 0.25) is 0 Å². The molecule has 0 bridgehead atoms. The molecule has 2 aromatic rings. The van der Waals surface area contributed by atoms with Gasteiger partial charge in [-0.05, 0) is 49.1 Å². The lowest BCUT2D eigenvalue weighted by molar-refractivity contribution is -0.138. The molecule has 2 aromatic carbocycles. The number of carboxylic acids is 1. The van der Waals surface area contributed by atoms with Crippen molar-refractivity contribution in [2.75, 3.05) is 13.7 Å². The molecule has 0 heterocycles. The fourth-order valence-electron chi connectivity index (χ4n) is 2.65. The minimum absolute atomic E-state index is 0.382. The molecule has 0 radical (unpaired) electrons. The smallest absolute Gasteiger partial charge is 0.311 e. The number of carbonyl (C=O) groups is 1. The Morgan fingerprint density at radius 1 is 1.17 bits per heavy atom. The summed E-state index contributed by atoms with van der Waals surface area (Å²) in [5.74, 6) is 0.0271. The van der Waals surface area contributed by atoms with E-state index in [0.717, 1.165) is 22.4 Å². The number of carboxylic acid groups (broad SMARTS) is 1. The summed E-state index contributed by atoms with van der Waals surface area (Å²) in [4.78, 5) is 11.8. The van der Waals surface area contributed by atoms with E-state index in [-0.39, 0.29) is 0 Å². The van der Waals surface area contributed by atoms with Crippen molar-refractivity contribution in [3.63, 3.8) is 0 Å². The highest BCUT2D eigenvalue weighted by molar-refractivity contribution is 5.77. The number of rotatable bonds is 7. The number of aryl methyl sites for hydroxylation is 1. The minimum atomic E-state index is -0.848. The van der Waals surface area contributed by atoms with E-state index in [2.05, 4.69) is 0 Å². The molecule has 0 fully saturated rings. The van der Waals surface area contributed by atoms with Gasteiger partial charge in [-0.25, -0.2) is 0 Å². The molecule has 0 spiro atoms. The fourth-order valence-corrected chi connectivity index (χ4v) is 2.65. The molecule has 0 saturated carbocycles. The van der Waals surface area contributed by atoms with Gasteiger partial charge in [0.25, 0.3) is 0 Å². The molecule has 1 unspecified atom stereocenters. The van der Waals surface area contributed by atoms with Gasteiger partial charge in [0.1, 0.15) is 11.5 Å². The van der Waals surface area contributed by atoms with Gasteiger partial charge in [0.2, 0.25) is 0 Å². The van der Waals surface area contributed by atoms with Gasteiger partial charge < -0.3 is 14.6 Å². The predicted octanol–water partition coefficient (Wildman–Crippen LogP) is 3.81. The number of hydrogen-bond acceptors (Lipinski definition) is 3. The second kappa shape index (κ2) is 7.68. The van der Waals surface area contributed by atoms with Gasteiger partial charge in [-0.3, -0.25) is 4.79 Å². The van der Waals surface area contributed by atoms with E-state index in [1.807, 2.05) is 56.3 Å². The van der Waals surface area contributed by atoms with Crippen molar-refractivity contribution in [3.8, 4) is 11.5 Å². The topological polar surface area (TPSA) is 55.8 Å². The number of methoxy groups -OCH3 is 1. The molecular weight excluding hydrogens is 292 g/mol. The van der Waals surface area contributed by atoms with Crippen LogP contribution in [0.5, 0.6) is 11.5 Å². The van der Waals surface area contributed by atoms with Crippen LogP contribution in [0.3, 0.4) is 0 Å². The first-order chi connectivity index (χ1) is 11.1. The highest BCUT2D eigenvalue weighted by Crippen LogP contribution is 2.29. The summed E-state index contributed by atoms with van der Waals surface area (Å²) in [7, 11) is 1.59. The fraction of sp³-hybridized carbons (Fsp3) is 0.316. The predicted molar refractivity (Wildman–Crippen MR) is 89.4 cm³/mol. The Hall–Kier alpha value is -2.49. The highest BCUT2D eigenvalue weighted by atomic mass is 16.5. The van der Waals surface area contributed by atoms with Crippen molar-refractivity contribution in [3.05, 3.63) is 59.2 Å². The lowest BCUT2D eigenvalue weighted by Gasteiger charge is -2.17. The molecule has 0 amide bonds. The van der Waals surface area contributed by atoms with Crippen LogP contribution in [0.4, 0.5) is 0 Å². The average molecular weight is 314 g/mol. The molecule has 2 rings (SSSR count). The number of para-hydroxylation sites is 1. The molecule has 4 nitrogen and oxygen atoms in total. The standard InChI is InChI=1S/C19H22O4/c1-4-23-17-10-9-14(11-13(17)2)16(19(20)21)12-15-7-5-6-8-18(15)22-3/h5-11,16H,4,12H2,1-3H3,(H,20,21). The number of benzene rings is 2. The maximum absolute atomic E-state index is 11.8. The molecule has 0 aromatic heterocycles.